The summed E-state index contributed by atoms with van der Waals surface area (Å²) in [5, 5.41) is 3.12. The second-order valence-corrected chi connectivity index (χ2v) is 5.94. The molecule has 0 spiro atoms. The SMILES string of the molecule is COC(=O)C1CCCCN1C(C)C(=O)NC1CCCC1. The minimum absolute atomic E-state index is 0.0488. The summed E-state index contributed by atoms with van der Waals surface area (Å²) in [6, 6.07) is -0.204. The van der Waals surface area contributed by atoms with Crippen molar-refractivity contribution >= 4 is 11.9 Å². The molecule has 2 unspecified atom stereocenters. The number of amides is 1. The largest absolute Gasteiger partial charge is 0.468 e. The van der Waals surface area contributed by atoms with E-state index >= 15 is 0 Å². The zero-order valence-corrected chi connectivity index (χ0v) is 12.6. The summed E-state index contributed by atoms with van der Waals surface area (Å²) in [6.07, 6.45) is 7.41. The molecule has 5 heteroatoms. The Morgan fingerprint density at radius 3 is 2.45 bits per heavy atom. The molecule has 1 saturated heterocycles. The molecule has 1 aliphatic carbocycles. The van der Waals surface area contributed by atoms with Crippen LogP contribution in [-0.4, -0.2) is 48.6 Å². The number of nitrogens with zero attached hydrogens (tertiary/aromatic N) is 1. The van der Waals surface area contributed by atoms with E-state index in [1.54, 1.807) is 0 Å². The maximum atomic E-state index is 12.3. The molecule has 114 valence electrons. The molecule has 2 fully saturated rings. The summed E-state index contributed by atoms with van der Waals surface area (Å²) >= 11 is 0. The molecule has 2 aliphatic rings. The fraction of sp³-hybridized carbons (Fsp3) is 0.867. The van der Waals surface area contributed by atoms with Crippen molar-refractivity contribution in [3.63, 3.8) is 0 Å². The zero-order valence-electron chi connectivity index (χ0n) is 12.6. The first-order valence-electron chi connectivity index (χ1n) is 7.77. The minimum Gasteiger partial charge on any atom is -0.468 e. The smallest absolute Gasteiger partial charge is 0.323 e. The number of ether oxygens (including phenoxy) is 1. The van der Waals surface area contributed by atoms with Crippen LogP contribution in [0.5, 0.6) is 0 Å². The van der Waals surface area contributed by atoms with Crippen LogP contribution in [0.4, 0.5) is 0 Å². The zero-order chi connectivity index (χ0) is 14.5. The van der Waals surface area contributed by atoms with Gasteiger partial charge in [-0.25, -0.2) is 0 Å². The summed E-state index contributed by atoms with van der Waals surface area (Å²) in [6.45, 7) is 2.69. The normalized spacial score (nSPS) is 26.2. The quantitative estimate of drug-likeness (QED) is 0.793. The van der Waals surface area contributed by atoms with E-state index in [0.29, 0.717) is 6.04 Å². The Kier molecular flexibility index (Phi) is 5.40. The van der Waals surface area contributed by atoms with Crippen molar-refractivity contribution < 1.29 is 14.3 Å². The molecule has 2 rings (SSSR count). The highest BCUT2D eigenvalue weighted by Crippen LogP contribution is 2.22. The fourth-order valence-corrected chi connectivity index (χ4v) is 3.35. The van der Waals surface area contributed by atoms with Crippen LogP contribution in [0.15, 0.2) is 0 Å². The molecule has 0 bridgehead atoms. The van der Waals surface area contributed by atoms with Crippen molar-refractivity contribution in [3.8, 4) is 0 Å². The second-order valence-electron chi connectivity index (χ2n) is 5.94. The summed E-state index contributed by atoms with van der Waals surface area (Å²) in [7, 11) is 1.42. The highest BCUT2D eigenvalue weighted by molar-refractivity contribution is 5.83. The molecule has 0 aromatic carbocycles. The predicted molar refractivity (Wildman–Crippen MR) is 76.2 cm³/mol. The number of nitrogens with one attached hydrogen (secondary N) is 1. The number of rotatable bonds is 4. The Balaban J connectivity index is 1.95. The number of likely N-dealkylation sites (tertiary alicyclic amines) is 1. The van der Waals surface area contributed by atoms with E-state index < -0.39 is 0 Å². The van der Waals surface area contributed by atoms with Crippen LogP contribution in [0.2, 0.25) is 0 Å². The molecule has 1 heterocycles. The molecular weight excluding hydrogens is 256 g/mol. The van der Waals surface area contributed by atoms with Gasteiger partial charge in [-0.1, -0.05) is 19.3 Å². The lowest BCUT2D eigenvalue weighted by molar-refractivity contribution is -0.150. The van der Waals surface area contributed by atoms with Crippen LogP contribution in [0, 0.1) is 0 Å². The number of piperidine rings is 1. The number of carbonyl (C=O) groups excluding carboxylic acids is 2. The third-order valence-corrected chi connectivity index (χ3v) is 4.60. The Hall–Kier alpha value is -1.10. The van der Waals surface area contributed by atoms with Gasteiger partial charge < -0.3 is 10.1 Å². The molecular formula is C15H26N2O3. The third-order valence-electron chi connectivity index (χ3n) is 4.60. The number of hydrogen-bond acceptors (Lipinski definition) is 4. The average molecular weight is 282 g/mol. The topological polar surface area (TPSA) is 58.6 Å². The average Bonchev–Trinajstić information content (AvgIpc) is 2.98. The molecule has 1 aliphatic heterocycles. The second kappa shape index (κ2) is 7.07. The first-order chi connectivity index (χ1) is 9.63. The van der Waals surface area contributed by atoms with E-state index in [-0.39, 0.29) is 24.0 Å². The monoisotopic (exact) mass is 282 g/mol. The van der Waals surface area contributed by atoms with Crippen molar-refractivity contribution in [1.82, 2.24) is 10.2 Å². The van der Waals surface area contributed by atoms with Gasteiger partial charge in [-0.3, -0.25) is 14.5 Å². The van der Waals surface area contributed by atoms with Gasteiger partial charge in [0.15, 0.2) is 0 Å². The van der Waals surface area contributed by atoms with Crippen molar-refractivity contribution in [2.75, 3.05) is 13.7 Å². The van der Waals surface area contributed by atoms with Gasteiger partial charge in [0, 0.05) is 6.04 Å². The van der Waals surface area contributed by atoms with Crippen LogP contribution < -0.4 is 5.32 Å². The van der Waals surface area contributed by atoms with Gasteiger partial charge in [0.2, 0.25) is 5.91 Å². The molecule has 0 aromatic heterocycles. The number of hydrogen-bond donors (Lipinski definition) is 1. The maximum absolute atomic E-state index is 12.3. The molecule has 0 aromatic rings. The van der Waals surface area contributed by atoms with E-state index in [0.717, 1.165) is 38.6 Å². The molecule has 5 nitrogen and oxygen atoms in total. The van der Waals surface area contributed by atoms with E-state index in [2.05, 4.69) is 5.32 Å². The van der Waals surface area contributed by atoms with Crippen molar-refractivity contribution in [2.45, 2.75) is 70.0 Å². The van der Waals surface area contributed by atoms with E-state index in [9.17, 15) is 9.59 Å². The molecule has 20 heavy (non-hydrogen) atoms. The van der Waals surface area contributed by atoms with Crippen molar-refractivity contribution in [1.29, 1.82) is 0 Å². The summed E-state index contributed by atoms with van der Waals surface area (Å²) in [5.41, 5.74) is 0. The van der Waals surface area contributed by atoms with Crippen LogP contribution in [-0.2, 0) is 14.3 Å². The summed E-state index contributed by atoms with van der Waals surface area (Å²) in [5.74, 6) is -0.169. The summed E-state index contributed by atoms with van der Waals surface area (Å²) < 4.78 is 4.87. The standard InChI is InChI=1S/C15H26N2O3/c1-11(14(18)16-12-7-3-4-8-12)17-10-6-5-9-13(17)15(19)20-2/h11-13H,3-10H2,1-2H3,(H,16,18). The molecule has 1 saturated carbocycles. The highest BCUT2D eigenvalue weighted by Gasteiger charge is 2.35. The fourth-order valence-electron chi connectivity index (χ4n) is 3.35. The lowest BCUT2D eigenvalue weighted by Gasteiger charge is -2.37. The third kappa shape index (κ3) is 3.51. The van der Waals surface area contributed by atoms with Gasteiger partial charge in [-0.05, 0) is 39.2 Å². The van der Waals surface area contributed by atoms with Gasteiger partial charge in [0.1, 0.15) is 6.04 Å². The van der Waals surface area contributed by atoms with Crippen molar-refractivity contribution in [3.05, 3.63) is 0 Å². The number of carbonyl (C=O) groups is 2. The maximum Gasteiger partial charge on any atom is 0.323 e. The Bertz CT molecular complexity index is 353. The number of methoxy groups -OCH3 is 1. The molecule has 0 radical (unpaired) electrons. The Morgan fingerprint density at radius 2 is 1.80 bits per heavy atom. The van der Waals surface area contributed by atoms with Crippen LogP contribution in [0.1, 0.15) is 51.9 Å². The lowest BCUT2D eigenvalue weighted by Crippen LogP contribution is -2.55. The van der Waals surface area contributed by atoms with E-state index in [1.165, 1.54) is 20.0 Å². The van der Waals surface area contributed by atoms with Crippen LogP contribution in [0.3, 0.4) is 0 Å². The van der Waals surface area contributed by atoms with E-state index in [4.69, 9.17) is 4.74 Å². The molecule has 1 N–H and O–H groups in total. The first-order valence-corrected chi connectivity index (χ1v) is 7.77. The van der Waals surface area contributed by atoms with Crippen LogP contribution >= 0.6 is 0 Å². The Morgan fingerprint density at radius 1 is 1.15 bits per heavy atom. The summed E-state index contributed by atoms with van der Waals surface area (Å²) in [4.78, 5) is 26.2. The highest BCUT2D eigenvalue weighted by atomic mass is 16.5. The predicted octanol–water partition coefficient (Wildman–Crippen LogP) is 1.46. The van der Waals surface area contributed by atoms with E-state index in [1.807, 2.05) is 11.8 Å². The van der Waals surface area contributed by atoms with Gasteiger partial charge >= 0.3 is 5.97 Å². The van der Waals surface area contributed by atoms with Gasteiger partial charge in [-0.15, -0.1) is 0 Å². The Labute approximate surface area is 121 Å². The first kappa shape index (κ1) is 15.3. The van der Waals surface area contributed by atoms with Gasteiger partial charge in [-0.2, -0.15) is 0 Å². The minimum atomic E-state index is -0.266. The molecule has 1 amide bonds. The van der Waals surface area contributed by atoms with Crippen molar-refractivity contribution in [2.24, 2.45) is 0 Å². The van der Waals surface area contributed by atoms with Crippen LogP contribution in [0.25, 0.3) is 0 Å². The van der Waals surface area contributed by atoms with Gasteiger partial charge in [0.25, 0.3) is 0 Å². The lowest BCUT2D eigenvalue weighted by atomic mass is 9.99. The number of esters is 1. The molecule has 2 atom stereocenters. The van der Waals surface area contributed by atoms with Gasteiger partial charge in [0.05, 0.1) is 13.2 Å².